The quantitative estimate of drug-likeness (QED) is 0.106. The molecule has 0 spiro atoms. The summed E-state index contributed by atoms with van der Waals surface area (Å²) >= 11 is 0. The van der Waals surface area contributed by atoms with Crippen LogP contribution in [0.5, 0.6) is 5.75 Å². The van der Waals surface area contributed by atoms with Gasteiger partial charge < -0.3 is 35.5 Å². The molecule has 3 aromatic carbocycles. The first-order valence-electron chi connectivity index (χ1n) is 18.2. The summed E-state index contributed by atoms with van der Waals surface area (Å²) in [6.45, 7) is 4.04. The predicted molar refractivity (Wildman–Crippen MR) is 199 cm³/mol. The number of phenols is 1. The molecule has 6 rings (SSSR count). The number of aliphatic hydroxyl groups excluding tert-OH is 1. The number of likely N-dealkylation sites (tertiary alicyclic amines) is 1. The second-order valence-electron chi connectivity index (χ2n) is 13.9. The topological polar surface area (TPSA) is 156 Å². The number of phenolic OH excluding ortho intramolecular Hbond substituents is 1. The number of nitrogens with one attached hydrogen (secondary N) is 4. The molecular formula is C40H49N5O6. The summed E-state index contributed by atoms with van der Waals surface area (Å²) in [4.78, 5) is 42.1. The molecule has 1 aliphatic carbocycles. The van der Waals surface area contributed by atoms with Crippen LogP contribution in [0.3, 0.4) is 0 Å². The van der Waals surface area contributed by atoms with Crippen molar-refractivity contribution in [2.24, 2.45) is 11.8 Å². The molecule has 3 atom stereocenters. The first kappa shape index (κ1) is 36.1. The van der Waals surface area contributed by atoms with Crippen molar-refractivity contribution >= 4 is 28.6 Å². The van der Waals surface area contributed by atoms with E-state index >= 15 is 0 Å². The standard InChI is InChI=1S/C40H49N5O6/c46-35-15-13-32(33-14-16-38(49)44-39(33)35)36(47)26-41-24-27-7-6-8-28(23-27)25-42-37(48)19-22-45-20-17-30(18-21-45)51-40(50)43-34-12-5-4-11-31(34)29-9-2-1-3-10-29/h1-5,9-16,27-28,30,36,41,46-47H,6-8,17-26H2,(H,42,48)(H,43,50)(H,44,49)/t27?,28?,36-/m1/s1. The van der Waals surface area contributed by atoms with E-state index in [1.165, 1.54) is 12.1 Å². The smallest absolute Gasteiger partial charge is 0.411 e. The van der Waals surface area contributed by atoms with Crippen LogP contribution in [0.1, 0.15) is 56.6 Å². The van der Waals surface area contributed by atoms with Crippen LogP contribution < -0.4 is 21.5 Å². The molecule has 2 amide bonds. The van der Waals surface area contributed by atoms with E-state index in [1.807, 2.05) is 54.6 Å². The fourth-order valence-corrected chi connectivity index (χ4v) is 7.47. The lowest BCUT2D eigenvalue weighted by Crippen LogP contribution is -2.40. The maximum Gasteiger partial charge on any atom is 0.411 e. The van der Waals surface area contributed by atoms with Crippen molar-refractivity contribution in [1.29, 1.82) is 0 Å². The summed E-state index contributed by atoms with van der Waals surface area (Å²) in [5, 5.41) is 31.1. The minimum Gasteiger partial charge on any atom is -0.506 e. The molecule has 2 aliphatic rings. The van der Waals surface area contributed by atoms with Gasteiger partial charge >= 0.3 is 6.09 Å². The molecular weight excluding hydrogens is 646 g/mol. The zero-order chi connectivity index (χ0) is 35.6. The Morgan fingerprint density at radius 3 is 2.45 bits per heavy atom. The van der Waals surface area contributed by atoms with Gasteiger partial charge in [-0.2, -0.15) is 0 Å². The second kappa shape index (κ2) is 17.5. The molecule has 2 heterocycles. The van der Waals surface area contributed by atoms with Crippen LogP contribution in [0.4, 0.5) is 10.5 Å². The Bertz CT molecular complexity index is 1820. The Morgan fingerprint density at radius 2 is 1.65 bits per heavy atom. The number of hydrogen-bond donors (Lipinski definition) is 6. The van der Waals surface area contributed by atoms with Crippen LogP contribution in [0, 0.1) is 11.8 Å². The molecule has 0 bridgehead atoms. The number of nitrogens with zero attached hydrogens (tertiary/aromatic N) is 1. The summed E-state index contributed by atoms with van der Waals surface area (Å²) in [7, 11) is 0. The Kier molecular flexibility index (Phi) is 12.4. The average Bonchev–Trinajstić information content (AvgIpc) is 3.15. The van der Waals surface area contributed by atoms with Gasteiger partial charge in [-0.1, -0.05) is 61.0 Å². The predicted octanol–water partition coefficient (Wildman–Crippen LogP) is 5.55. The Hall–Kier alpha value is -4.71. The number of anilines is 1. The largest absolute Gasteiger partial charge is 0.506 e. The number of amides is 2. The number of fused-ring (bicyclic) bond motifs is 1. The number of carbonyl (C=O) groups excluding carboxylic acids is 2. The van der Waals surface area contributed by atoms with E-state index in [4.69, 9.17) is 4.74 Å². The number of benzene rings is 3. The molecule has 1 aromatic heterocycles. The monoisotopic (exact) mass is 695 g/mol. The molecule has 1 saturated heterocycles. The fourth-order valence-electron chi connectivity index (χ4n) is 7.47. The van der Waals surface area contributed by atoms with Gasteiger partial charge in [0.15, 0.2) is 0 Å². The van der Waals surface area contributed by atoms with Gasteiger partial charge in [-0.15, -0.1) is 0 Å². The highest BCUT2D eigenvalue weighted by atomic mass is 16.6. The number of aliphatic hydroxyl groups is 1. The molecule has 0 radical (unpaired) electrons. The highest BCUT2D eigenvalue weighted by Gasteiger charge is 2.25. The SMILES string of the molecule is O=C(CCN1CCC(OC(=O)Nc2ccccc2-c2ccccc2)CC1)NCC1CCCC(CNC[C@@H](O)c2ccc(O)c3[nH]c(=O)ccc23)C1. The van der Waals surface area contributed by atoms with E-state index < -0.39 is 12.2 Å². The summed E-state index contributed by atoms with van der Waals surface area (Å²) < 4.78 is 5.76. The van der Waals surface area contributed by atoms with Crippen molar-refractivity contribution in [2.75, 3.05) is 44.6 Å². The van der Waals surface area contributed by atoms with Crippen LogP contribution in [0.25, 0.3) is 22.0 Å². The van der Waals surface area contributed by atoms with Gasteiger partial charge in [0.1, 0.15) is 11.9 Å². The molecule has 11 nitrogen and oxygen atoms in total. The first-order chi connectivity index (χ1) is 24.8. The number of aromatic nitrogens is 1. The molecule has 1 aliphatic heterocycles. The van der Waals surface area contributed by atoms with Crippen LogP contribution in [-0.2, 0) is 9.53 Å². The van der Waals surface area contributed by atoms with Crippen LogP contribution >= 0.6 is 0 Å². The van der Waals surface area contributed by atoms with Crippen LogP contribution in [0.15, 0.2) is 83.7 Å². The number of pyridine rings is 1. The summed E-state index contributed by atoms with van der Waals surface area (Å²) in [5.74, 6) is 0.930. The van der Waals surface area contributed by atoms with Gasteiger partial charge in [0, 0.05) is 56.2 Å². The van der Waals surface area contributed by atoms with E-state index in [1.54, 1.807) is 12.1 Å². The molecule has 2 fully saturated rings. The number of aromatic amines is 1. The lowest BCUT2D eigenvalue weighted by molar-refractivity contribution is -0.121. The van der Waals surface area contributed by atoms with E-state index in [-0.39, 0.29) is 23.3 Å². The van der Waals surface area contributed by atoms with Crippen molar-refractivity contribution in [3.8, 4) is 16.9 Å². The molecule has 1 saturated carbocycles. The van der Waals surface area contributed by atoms with Crippen molar-refractivity contribution in [3.63, 3.8) is 0 Å². The Balaban J connectivity index is 0.854. The number of aromatic hydroxyl groups is 1. The third-order valence-electron chi connectivity index (χ3n) is 10.2. The number of ether oxygens (including phenoxy) is 1. The highest BCUT2D eigenvalue weighted by Crippen LogP contribution is 2.31. The van der Waals surface area contributed by atoms with Crippen molar-refractivity contribution in [2.45, 2.75) is 57.2 Å². The minimum atomic E-state index is -0.788. The molecule has 6 N–H and O–H groups in total. The lowest BCUT2D eigenvalue weighted by atomic mass is 9.81. The van der Waals surface area contributed by atoms with Gasteiger partial charge in [-0.3, -0.25) is 14.9 Å². The van der Waals surface area contributed by atoms with Gasteiger partial charge in [0.05, 0.1) is 17.3 Å². The Morgan fingerprint density at radius 1 is 0.902 bits per heavy atom. The zero-order valence-electron chi connectivity index (χ0n) is 29.0. The second-order valence-corrected chi connectivity index (χ2v) is 13.9. The molecule has 2 unspecified atom stereocenters. The number of para-hydroxylation sites is 1. The first-order valence-corrected chi connectivity index (χ1v) is 18.2. The third kappa shape index (κ3) is 9.96. The molecule has 11 heteroatoms. The maximum atomic E-state index is 12.7. The summed E-state index contributed by atoms with van der Waals surface area (Å²) in [6.07, 6.45) is 4.85. The Labute approximate surface area is 298 Å². The maximum absolute atomic E-state index is 12.7. The zero-order valence-corrected chi connectivity index (χ0v) is 29.0. The van der Waals surface area contributed by atoms with Gasteiger partial charge in [0.2, 0.25) is 11.5 Å². The number of piperidine rings is 1. The van der Waals surface area contributed by atoms with Crippen molar-refractivity contribution < 1.29 is 24.5 Å². The van der Waals surface area contributed by atoms with Gasteiger partial charge in [-0.25, -0.2) is 4.79 Å². The average molecular weight is 696 g/mol. The molecule has 51 heavy (non-hydrogen) atoms. The lowest BCUT2D eigenvalue weighted by Gasteiger charge is -2.32. The number of carbonyl (C=O) groups is 2. The number of rotatable bonds is 13. The van der Waals surface area contributed by atoms with Gasteiger partial charge in [0.25, 0.3) is 0 Å². The highest BCUT2D eigenvalue weighted by molar-refractivity contribution is 5.91. The number of H-pyrrole nitrogens is 1. The summed E-state index contributed by atoms with van der Waals surface area (Å²) in [6, 6.07) is 23.8. The van der Waals surface area contributed by atoms with Crippen LogP contribution in [-0.4, -0.2) is 77.5 Å². The van der Waals surface area contributed by atoms with Crippen LogP contribution in [0.2, 0.25) is 0 Å². The van der Waals surface area contributed by atoms with Crippen molar-refractivity contribution in [1.82, 2.24) is 20.5 Å². The third-order valence-corrected chi connectivity index (χ3v) is 10.2. The number of hydrogen-bond acceptors (Lipinski definition) is 8. The van der Waals surface area contributed by atoms with E-state index in [2.05, 4.69) is 25.8 Å². The fraction of sp³-hybridized carbons (Fsp3) is 0.425. The molecule has 4 aromatic rings. The van der Waals surface area contributed by atoms with E-state index in [0.717, 1.165) is 75.0 Å². The van der Waals surface area contributed by atoms with E-state index in [0.29, 0.717) is 54.4 Å². The molecule has 270 valence electrons. The normalized spacial score (nSPS) is 19.0. The van der Waals surface area contributed by atoms with Crippen molar-refractivity contribution in [3.05, 3.63) is 94.8 Å². The minimum absolute atomic E-state index is 0.0256. The van der Waals surface area contributed by atoms with Gasteiger partial charge in [-0.05, 0) is 79.8 Å². The van der Waals surface area contributed by atoms with E-state index in [9.17, 15) is 24.6 Å². The summed E-state index contributed by atoms with van der Waals surface area (Å²) in [5.41, 5.74) is 3.36.